The summed E-state index contributed by atoms with van der Waals surface area (Å²) in [6, 6.07) is 0. The van der Waals surface area contributed by atoms with Gasteiger partial charge >= 0.3 is 5.97 Å². The molecule has 12 heavy (non-hydrogen) atoms. The molecule has 5 nitrogen and oxygen atoms in total. The minimum Gasteiger partial charge on any atom is -0.438 e. The van der Waals surface area contributed by atoms with Crippen LogP contribution in [0.2, 0.25) is 0 Å². The zero-order valence-electron chi connectivity index (χ0n) is 6.22. The predicted octanol–water partition coefficient (Wildman–Crippen LogP) is -0.273. The molecule has 1 unspecified atom stereocenters. The Hall–Kier alpha value is -0.660. The lowest BCUT2D eigenvalue weighted by Gasteiger charge is -2.16. The molecule has 1 aliphatic rings. The molecule has 0 aromatic heterocycles. The number of amides is 2. The first kappa shape index (κ1) is 9.43. The van der Waals surface area contributed by atoms with E-state index in [1.165, 1.54) is 6.92 Å². The number of hydrogen-bond donors (Lipinski definition) is 1. The summed E-state index contributed by atoms with van der Waals surface area (Å²) in [6.07, 6.45) is -0.105. The largest absolute Gasteiger partial charge is 0.438 e. The lowest BCUT2D eigenvalue weighted by atomic mass is 10.3. The standard InChI is InChI=1S/C6H6INO4/c1-3(9)12-6(7)2-4(10)8-5(6)11/h2H2,1H3,(H,8,10,11). The van der Waals surface area contributed by atoms with E-state index >= 15 is 0 Å². The van der Waals surface area contributed by atoms with Crippen LogP contribution in [0.4, 0.5) is 0 Å². The van der Waals surface area contributed by atoms with E-state index in [1.54, 1.807) is 22.6 Å². The Morgan fingerprint density at radius 2 is 2.25 bits per heavy atom. The summed E-state index contributed by atoms with van der Waals surface area (Å²) >= 11 is 1.65. The third kappa shape index (κ3) is 1.74. The minimum atomic E-state index is -1.33. The molecule has 6 heteroatoms. The van der Waals surface area contributed by atoms with Gasteiger partial charge in [0.1, 0.15) is 0 Å². The highest BCUT2D eigenvalue weighted by Gasteiger charge is 2.47. The van der Waals surface area contributed by atoms with Gasteiger partial charge in [-0.05, 0) is 22.6 Å². The van der Waals surface area contributed by atoms with Gasteiger partial charge in [0, 0.05) is 6.92 Å². The summed E-state index contributed by atoms with van der Waals surface area (Å²) in [5, 5.41) is 2.05. The highest BCUT2D eigenvalue weighted by molar-refractivity contribution is 14.1. The summed E-state index contributed by atoms with van der Waals surface area (Å²) in [5.74, 6) is -1.56. The Balaban J connectivity index is 2.77. The van der Waals surface area contributed by atoms with Crippen molar-refractivity contribution >= 4 is 40.4 Å². The third-order valence-corrected chi connectivity index (χ3v) is 2.38. The quantitative estimate of drug-likeness (QED) is 0.311. The van der Waals surface area contributed by atoms with Gasteiger partial charge in [-0.3, -0.25) is 19.7 Å². The van der Waals surface area contributed by atoms with Gasteiger partial charge in [0.15, 0.2) is 0 Å². The van der Waals surface area contributed by atoms with Crippen LogP contribution < -0.4 is 5.32 Å². The number of alkyl halides is 1. The molecule has 0 aromatic rings. The van der Waals surface area contributed by atoms with Gasteiger partial charge in [-0.15, -0.1) is 0 Å². The molecular weight excluding hydrogens is 277 g/mol. The van der Waals surface area contributed by atoms with Crippen LogP contribution in [-0.2, 0) is 19.1 Å². The minimum absolute atomic E-state index is 0.105. The highest BCUT2D eigenvalue weighted by Crippen LogP contribution is 2.29. The lowest BCUT2D eigenvalue weighted by molar-refractivity contribution is -0.153. The monoisotopic (exact) mass is 283 g/mol. The molecule has 1 rings (SSSR count). The van der Waals surface area contributed by atoms with Gasteiger partial charge < -0.3 is 4.74 Å². The molecule has 1 saturated heterocycles. The zero-order chi connectivity index (χ0) is 9.35. The molecule has 0 aromatic carbocycles. The normalized spacial score (nSPS) is 28.5. The summed E-state index contributed by atoms with van der Waals surface area (Å²) in [7, 11) is 0. The number of ether oxygens (including phenoxy) is 1. The molecule has 2 amide bonds. The Morgan fingerprint density at radius 3 is 2.58 bits per heavy atom. The van der Waals surface area contributed by atoms with Crippen molar-refractivity contribution in [3.05, 3.63) is 0 Å². The smallest absolute Gasteiger partial charge is 0.304 e. The van der Waals surface area contributed by atoms with Crippen molar-refractivity contribution in [2.75, 3.05) is 0 Å². The maximum Gasteiger partial charge on any atom is 0.304 e. The van der Waals surface area contributed by atoms with Crippen molar-refractivity contribution in [1.29, 1.82) is 0 Å². The van der Waals surface area contributed by atoms with E-state index in [0.717, 1.165) is 0 Å². The van der Waals surface area contributed by atoms with Gasteiger partial charge in [-0.1, -0.05) is 0 Å². The summed E-state index contributed by atoms with van der Waals surface area (Å²) in [5.41, 5.74) is 0. The number of rotatable bonds is 1. The van der Waals surface area contributed by atoms with Crippen molar-refractivity contribution in [3.63, 3.8) is 0 Å². The number of esters is 1. The van der Waals surface area contributed by atoms with E-state index in [4.69, 9.17) is 4.74 Å². The predicted molar refractivity (Wildman–Crippen MR) is 46.3 cm³/mol. The second-order valence-electron chi connectivity index (χ2n) is 2.38. The molecule has 1 aliphatic heterocycles. The molecule has 0 aliphatic carbocycles. The second kappa shape index (κ2) is 3.00. The molecule has 0 bridgehead atoms. The molecule has 1 N–H and O–H groups in total. The molecule has 1 fully saturated rings. The van der Waals surface area contributed by atoms with E-state index in [9.17, 15) is 14.4 Å². The van der Waals surface area contributed by atoms with E-state index in [1.807, 2.05) is 0 Å². The van der Waals surface area contributed by atoms with Crippen LogP contribution in [0.3, 0.4) is 0 Å². The fourth-order valence-corrected chi connectivity index (χ4v) is 1.65. The SMILES string of the molecule is CC(=O)OC1(I)CC(=O)NC1=O. The Bertz CT molecular complexity index is 264. The molecular formula is C6H6INO4. The number of carbonyl (C=O) groups excluding carboxylic acids is 3. The summed E-state index contributed by atoms with van der Waals surface area (Å²) < 4.78 is 3.36. The van der Waals surface area contributed by atoms with Crippen molar-refractivity contribution < 1.29 is 19.1 Å². The van der Waals surface area contributed by atoms with Crippen LogP contribution in [0.15, 0.2) is 0 Å². The Morgan fingerprint density at radius 1 is 1.67 bits per heavy atom. The number of imide groups is 1. The highest BCUT2D eigenvalue weighted by atomic mass is 127. The van der Waals surface area contributed by atoms with Gasteiger partial charge in [-0.2, -0.15) is 0 Å². The first-order valence-electron chi connectivity index (χ1n) is 3.17. The molecule has 0 saturated carbocycles. The molecule has 0 spiro atoms. The maximum absolute atomic E-state index is 11.0. The van der Waals surface area contributed by atoms with Crippen LogP contribution in [0.5, 0.6) is 0 Å². The van der Waals surface area contributed by atoms with Crippen LogP contribution in [-0.4, -0.2) is 21.4 Å². The van der Waals surface area contributed by atoms with E-state index in [-0.39, 0.29) is 6.42 Å². The van der Waals surface area contributed by atoms with Gasteiger partial charge in [0.25, 0.3) is 5.91 Å². The van der Waals surface area contributed by atoms with Crippen molar-refractivity contribution in [3.8, 4) is 0 Å². The summed E-state index contributed by atoms with van der Waals surface area (Å²) in [4.78, 5) is 32.3. The average molecular weight is 283 g/mol. The van der Waals surface area contributed by atoms with Crippen molar-refractivity contribution in [2.45, 2.75) is 17.0 Å². The first-order chi connectivity index (χ1) is 5.44. The molecule has 0 radical (unpaired) electrons. The van der Waals surface area contributed by atoms with E-state index in [2.05, 4.69) is 5.32 Å². The Kier molecular flexibility index (Phi) is 2.36. The van der Waals surface area contributed by atoms with Gasteiger partial charge in [0.2, 0.25) is 9.51 Å². The zero-order valence-corrected chi connectivity index (χ0v) is 8.38. The van der Waals surface area contributed by atoms with Gasteiger partial charge in [-0.25, -0.2) is 0 Å². The Labute approximate surface area is 82.0 Å². The fraction of sp³-hybridized carbons (Fsp3) is 0.500. The van der Waals surface area contributed by atoms with Crippen molar-refractivity contribution in [1.82, 2.24) is 5.32 Å². The first-order valence-corrected chi connectivity index (χ1v) is 4.25. The molecule has 1 atom stereocenters. The number of carbonyl (C=O) groups is 3. The fourth-order valence-electron chi connectivity index (χ4n) is 0.861. The molecule has 66 valence electrons. The topological polar surface area (TPSA) is 72.5 Å². The third-order valence-electron chi connectivity index (χ3n) is 1.29. The average Bonchev–Trinajstić information content (AvgIpc) is 2.04. The lowest BCUT2D eigenvalue weighted by Crippen LogP contribution is -2.36. The summed E-state index contributed by atoms with van der Waals surface area (Å²) in [6.45, 7) is 1.19. The number of halogens is 1. The van der Waals surface area contributed by atoms with Crippen LogP contribution in [0, 0.1) is 0 Å². The maximum atomic E-state index is 11.0. The van der Waals surface area contributed by atoms with Crippen LogP contribution >= 0.6 is 22.6 Å². The van der Waals surface area contributed by atoms with E-state index < -0.39 is 21.4 Å². The number of hydrogen-bond acceptors (Lipinski definition) is 4. The molecule has 1 heterocycles. The number of nitrogens with one attached hydrogen (secondary N) is 1. The second-order valence-corrected chi connectivity index (χ2v) is 4.12. The van der Waals surface area contributed by atoms with Crippen LogP contribution in [0.1, 0.15) is 13.3 Å². The van der Waals surface area contributed by atoms with Crippen molar-refractivity contribution in [2.24, 2.45) is 0 Å². The van der Waals surface area contributed by atoms with Gasteiger partial charge in [0.05, 0.1) is 6.42 Å². The van der Waals surface area contributed by atoms with E-state index in [0.29, 0.717) is 0 Å². The van der Waals surface area contributed by atoms with Crippen LogP contribution in [0.25, 0.3) is 0 Å².